The molecule has 0 saturated heterocycles. The average Bonchev–Trinajstić information content (AvgIpc) is 2.83. The van der Waals surface area contributed by atoms with E-state index in [1.165, 1.54) is 23.9 Å². The smallest absolute Gasteiger partial charge is 0.270 e. The number of nitriles is 1. The second kappa shape index (κ2) is 10.5. The molecule has 0 amide bonds. The van der Waals surface area contributed by atoms with Crippen LogP contribution in [0.2, 0.25) is 0 Å². The molecule has 3 rings (SSSR count). The maximum absolute atomic E-state index is 11.2. The summed E-state index contributed by atoms with van der Waals surface area (Å²) in [4.78, 5) is 19.6. The fraction of sp³-hybridized carbons (Fsp3) is 0.227. The molecule has 0 aliphatic carbocycles. The Morgan fingerprint density at radius 3 is 2.59 bits per heavy atom. The van der Waals surface area contributed by atoms with Gasteiger partial charge in [0.25, 0.3) is 5.69 Å². The van der Waals surface area contributed by atoms with Crippen LogP contribution in [0.5, 0.6) is 11.5 Å². The number of non-ortho nitro benzene ring substituents is 1. The highest BCUT2D eigenvalue weighted by atomic mass is 32.2. The van der Waals surface area contributed by atoms with E-state index in [-0.39, 0.29) is 11.3 Å². The molecule has 9 nitrogen and oxygen atoms in total. The number of methoxy groups -OCH3 is 2. The lowest BCUT2D eigenvalue weighted by Crippen LogP contribution is -2.10. The van der Waals surface area contributed by atoms with Gasteiger partial charge in [0.15, 0.2) is 16.7 Å². The van der Waals surface area contributed by atoms with Crippen LogP contribution in [0.15, 0.2) is 47.6 Å². The first-order valence-electron chi connectivity index (χ1n) is 9.56. The Bertz CT molecular complexity index is 1180. The van der Waals surface area contributed by atoms with Gasteiger partial charge in [-0.05, 0) is 30.4 Å². The Labute approximate surface area is 189 Å². The molecule has 0 radical (unpaired) electrons. The number of anilines is 1. The molecule has 2 aromatic carbocycles. The first-order valence-corrected chi connectivity index (χ1v) is 10.8. The van der Waals surface area contributed by atoms with E-state index in [0.717, 1.165) is 5.56 Å². The lowest BCUT2D eigenvalue weighted by atomic mass is 10.1. The van der Waals surface area contributed by atoms with Gasteiger partial charge in [0.1, 0.15) is 17.5 Å². The number of nitro benzene ring substituents is 1. The third-order valence-corrected chi connectivity index (χ3v) is 5.22. The van der Waals surface area contributed by atoms with Gasteiger partial charge in [-0.25, -0.2) is 9.97 Å². The maximum Gasteiger partial charge on any atom is 0.270 e. The van der Waals surface area contributed by atoms with Gasteiger partial charge in [-0.15, -0.1) is 0 Å². The highest BCUT2D eigenvalue weighted by Crippen LogP contribution is 2.31. The Balaban J connectivity index is 1.89. The second-order valence-electron chi connectivity index (χ2n) is 6.57. The van der Waals surface area contributed by atoms with E-state index in [2.05, 4.69) is 21.4 Å². The van der Waals surface area contributed by atoms with E-state index >= 15 is 0 Å². The molecule has 1 heterocycles. The Morgan fingerprint density at radius 2 is 1.94 bits per heavy atom. The molecule has 1 N–H and O–H groups in total. The van der Waals surface area contributed by atoms with Gasteiger partial charge in [-0.1, -0.05) is 30.0 Å². The number of rotatable bonds is 9. The van der Waals surface area contributed by atoms with Crippen LogP contribution in [0, 0.1) is 21.4 Å². The lowest BCUT2D eigenvalue weighted by Gasteiger charge is -2.13. The van der Waals surface area contributed by atoms with Crippen LogP contribution in [-0.2, 0) is 6.42 Å². The van der Waals surface area contributed by atoms with Crippen molar-refractivity contribution in [2.45, 2.75) is 11.6 Å². The number of thioether (sulfide) groups is 1. The molecule has 164 valence electrons. The predicted octanol–water partition coefficient (Wildman–Crippen LogP) is 4.32. The molecule has 0 aliphatic rings. The number of benzene rings is 2. The predicted molar refractivity (Wildman–Crippen MR) is 122 cm³/mol. The quantitative estimate of drug-likeness (QED) is 0.219. The SMILES string of the molecule is COc1ccc(CCNc2nc(SC)nc(-c3cccc([N+](=O)[O-])c3)c2C#N)cc1OC. The van der Waals surface area contributed by atoms with Crippen LogP contribution in [0.25, 0.3) is 11.3 Å². The third-order valence-electron chi connectivity index (χ3n) is 4.67. The van der Waals surface area contributed by atoms with Crippen LogP contribution < -0.4 is 14.8 Å². The van der Waals surface area contributed by atoms with Crippen LogP contribution in [0.4, 0.5) is 11.5 Å². The zero-order valence-corrected chi connectivity index (χ0v) is 18.6. The Kier molecular flexibility index (Phi) is 7.46. The van der Waals surface area contributed by atoms with Crippen molar-refractivity contribution in [3.05, 3.63) is 63.7 Å². The second-order valence-corrected chi connectivity index (χ2v) is 7.34. The van der Waals surface area contributed by atoms with Crippen LogP contribution in [0.1, 0.15) is 11.1 Å². The summed E-state index contributed by atoms with van der Waals surface area (Å²) in [5.74, 6) is 1.68. The van der Waals surface area contributed by atoms with Gasteiger partial charge in [0.05, 0.1) is 24.8 Å². The monoisotopic (exact) mass is 451 g/mol. The molecular formula is C22H21N5O4S. The Hall–Kier alpha value is -3.84. The highest BCUT2D eigenvalue weighted by molar-refractivity contribution is 7.98. The standard InChI is InChI=1S/C22H21N5O4S/c1-30-18-8-7-14(11-19(18)31-2)9-10-24-21-17(13-23)20(25-22(26-21)32-3)15-5-4-6-16(12-15)27(28)29/h4-8,11-12H,9-10H2,1-3H3,(H,24,25,26). The van der Waals surface area contributed by atoms with Crippen molar-refractivity contribution < 1.29 is 14.4 Å². The molecule has 0 bridgehead atoms. The summed E-state index contributed by atoms with van der Waals surface area (Å²) in [6.07, 6.45) is 2.47. The van der Waals surface area contributed by atoms with Gasteiger partial charge in [-0.3, -0.25) is 10.1 Å². The minimum atomic E-state index is -0.478. The van der Waals surface area contributed by atoms with E-state index in [4.69, 9.17) is 9.47 Å². The minimum absolute atomic E-state index is 0.0707. The number of hydrogen-bond donors (Lipinski definition) is 1. The molecule has 1 aromatic heterocycles. The van der Waals surface area contributed by atoms with Crippen molar-refractivity contribution in [2.24, 2.45) is 0 Å². The van der Waals surface area contributed by atoms with E-state index in [0.29, 0.717) is 46.7 Å². The van der Waals surface area contributed by atoms with Crippen molar-refractivity contribution in [1.82, 2.24) is 9.97 Å². The number of aromatic nitrogens is 2. The van der Waals surface area contributed by atoms with Gasteiger partial charge in [0, 0.05) is 24.2 Å². The average molecular weight is 452 g/mol. The summed E-state index contributed by atoms with van der Waals surface area (Å²) in [5, 5.41) is 24.6. The molecule has 10 heteroatoms. The normalized spacial score (nSPS) is 10.3. The summed E-state index contributed by atoms with van der Waals surface area (Å²) in [5.41, 5.74) is 2.02. The Morgan fingerprint density at radius 1 is 1.16 bits per heavy atom. The molecule has 0 atom stereocenters. The van der Waals surface area contributed by atoms with Crippen molar-refractivity contribution in [1.29, 1.82) is 5.26 Å². The number of nitro groups is 1. The highest BCUT2D eigenvalue weighted by Gasteiger charge is 2.18. The van der Waals surface area contributed by atoms with Gasteiger partial charge in [-0.2, -0.15) is 5.26 Å². The van der Waals surface area contributed by atoms with E-state index < -0.39 is 4.92 Å². The van der Waals surface area contributed by atoms with Crippen LogP contribution in [-0.4, -0.2) is 41.9 Å². The van der Waals surface area contributed by atoms with E-state index in [1.807, 2.05) is 24.5 Å². The zero-order valence-electron chi connectivity index (χ0n) is 17.8. The molecule has 0 aliphatic heterocycles. The minimum Gasteiger partial charge on any atom is -0.493 e. The topological polar surface area (TPSA) is 123 Å². The van der Waals surface area contributed by atoms with E-state index in [1.54, 1.807) is 26.4 Å². The summed E-state index contributed by atoms with van der Waals surface area (Å²) in [7, 11) is 3.17. The third kappa shape index (κ3) is 5.07. The van der Waals surface area contributed by atoms with Crippen LogP contribution in [0.3, 0.4) is 0 Å². The largest absolute Gasteiger partial charge is 0.493 e. The van der Waals surface area contributed by atoms with Crippen molar-refractivity contribution in [3.63, 3.8) is 0 Å². The molecular weight excluding hydrogens is 430 g/mol. The molecule has 32 heavy (non-hydrogen) atoms. The van der Waals surface area contributed by atoms with Crippen molar-refractivity contribution in [3.8, 4) is 28.8 Å². The number of hydrogen-bond acceptors (Lipinski definition) is 9. The van der Waals surface area contributed by atoms with Gasteiger partial charge >= 0.3 is 0 Å². The van der Waals surface area contributed by atoms with Crippen LogP contribution >= 0.6 is 11.8 Å². The van der Waals surface area contributed by atoms with Crippen molar-refractivity contribution >= 4 is 23.3 Å². The molecule has 0 spiro atoms. The number of ether oxygens (including phenoxy) is 2. The first kappa shape index (κ1) is 22.8. The number of nitrogens with zero attached hydrogens (tertiary/aromatic N) is 4. The molecule has 0 unspecified atom stereocenters. The summed E-state index contributed by atoms with van der Waals surface area (Å²) < 4.78 is 10.6. The van der Waals surface area contributed by atoms with Gasteiger partial charge in [0.2, 0.25) is 0 Å². The summed E-state index contributed by atoms with van der Waals surface area (Å²) in [6, 6.07) is 13.9. The first-order chi connectivity index (χ1) is 15.5. The summed E-state index contributed by atoms with van der Waals surface area (Å²) >= 11 is 1.32. The zero-order chi connectivity index (χ0) is 23.1. The van der Waals surface area contributed by atoms with E-state index in [9.17, 15) is 15.4 Å². The van der Waals surface area contributed by atoms with Gasteiger partial charge < -0.3 is 14.8 Å². The summed E-state index contributed by atoms with van der Waals surface area (Å²) in [6.45, 7) is 0.503. The molecule has 3 aromatic rings. The molecule has 0 saturated carbocycles. The fourth-order valence-corrected chi connectivity index (χ4v) is 3.47. The lowest BCUT2D eigenvalue weighted by molar-refractivity contribution is -0.384. The number of nitrogens with one attached hydrogen (secondary N) is 1. The fourth-order valence-electron chi connectivity index (χ4n) is 3.10. The van der Waals surface area contributed by atoms with Crippen molar-refractivity contribution in [2.75, 3.05) is 32.3 Å². The molecule has 0 fully saturated rings. The maximum atomic E-state index is 11.2.